The summed E-state index contributed by atoms with van der Waals surface area (Å²) in [5.41, 5.74) is 2.58. The Balaban J connectivity index is 1.98. The Morgan fingerprint density at radius 1 is 1.17 bits per heavy atom. The SMILES string of the molecule is CCc1ccccc1NC(=O)c1ccc2c(=O)[nH]c(=S)[nH]c2c1. The number of para-hydroxylation sites is 1. The second-order valence-electron chi connectivity index (χ2n) is 5.13. The number of aryl methyl sites for hydroxylation is 1. The Bertz CT molecular complexity index is 1000. The molecule has 3 aromatic rings. The normalized spacial score (nSPS) is 10.7. The zero-order chi connectivity index (χ0) is 16.4. The number of fused-ring (bicyclic) bond motifs is 1. The monoisotopic (exact) mass is 325 g/mol. The first-order chi connectivity index (χ1) is 11.1. The summed E-state index contributed by atoms with van der Waals surface area (Å²) in [7, 11) is 0. The fourth-order valence-electron chi connectivity index (χ4n) is 2.46. The van der Waals surface area contributed by atoms with Gasteiger partial charge in [-0.15, -0.1) is 0 Å². The highest BCUT2D eigenvalue weighted by atomic mass is 32.1. The van der Waals surface area contributed by atoms with Crippen molar-refractivity contribution in [1.82, 2.24) is 9.97 Å². The molecule has 0 aliphatic carbocycles. The minimum absolute atomic E-state index is 0.229. The van der Waals surface area contributed by atoms with E-state index >= 15 is 0 Å². The second kappa shape index (κ2) is 6.18. The fraction of sp³-hybridized carbons (Fsp3) is 0.118. The van der Waals surface area contributed by atoms with Gasteiger partial charge in [-0.1, -0.05) is 25.1 Å². The van der Waals surface area contributed by atoms with Crippen LogP contribution in [-0.4, -0.2) is 15.9 Å². The average Bonchev–Trinajstić information content (AvgIpc) is 2.54. The van der Waals surface area contributed by atoms with E-state index in [0.29, 0.717) is 16.5 Å². The van der Waals surface area contributed by atoms with Crippen LogP contribution in [0.3, 0.4) is 0 Å². The largest absolute Gasteiger partial charge is 0.332 e. The quantitative estimate of drug-likeness (QED) is 0.646. The van der Waals surface area contributed by atoms with Crippen molar-refractivity contribution in [3.63, 3.8) is 0 Å². The van der Waals surface area contributed by atoms with Gasteiger partial charge in [-0.25, -0.2) is 0 Å². The first kappa shape index (κ1) is 15.2. The Morgan fingerprint density at radius 2 is 1.96 bits per heavy atom. The zero-order valence-corrected chi connectivity index (χ0v) is 13.3. The summed E-state index contributed by atoms with van der Waals surface area (Å²) in [6, 6.07) is 12.5. The summed E-state index contributed by atoms with van der Waals surface area (Å²) in [4.78, 5) is 29.7. The molecule has 0 radical (unpaired) electrons. The average molecular weight is 325 g/mol. The number of amides is 1. The molecule has 0 saturated carbocycles. The van der Waals surface area contributed by atoms with Crippen LogP contribution in [0.15, 0.2) is 47.3 Å². The van der Waals surface area contributed by atoms with E-state index in [-0.39, 0.29) is 16.2 Å². The molecule has 23 heavy (non-hydrogen) atoms. The molecule has 1 heterocycles. The summed E-state index contributed by atoms with van der Waals surface area (Å²) < 4.78 is 0.233. The molecular formula is C17H15N3O2S. The topological polar surface area (TPSA) is 77.8 Å². The van der Waals surface area contributed by atoms with E-state index in [4.69, 9.17) is 12.2 Å². The van der Waals surface area contributed by atoms with Crippen molar-refractivity contribution in [2.75, 3.05) is 5.32 Å². The van der Waals surface area contributed by atoms with Crippen LogP contribution >= 0.6 is 12.2 Å². The maximum atomic E-state index is 12.5. The van der Waals surface area contributed by atoms with Crippen LogP contribution in [0, 0.1) is 4.77 Å². The van der Waals surface area contributed by atoms with Crippen LogP contribution in [0.5, 0.6) is 0 Å². The third-order valence-electron chi connectivity index (χ3n) is 3.65. The van der Waals surface area contributed by atoms with Gasteiger partial charge in [-0.05, 0) is 48.5 Å². The number of anilines is 1. The minimum atomic E-state index is -0.271. The number of benzene rings is 2. The number of carbonyl (C=O) groups is 1. The van der Waals surface area contributed by atoms with Crippen molar-refractivity contribution >= 4 is 34.7 Å². The Hall–Kier alpha value is -2.73. The highest BCUT2D eigenvalue weighted by molar-refractivity contribution is 7.71. The highest BCUT2D eigenvalue weighted by Crippen LogP contribution is 2.17. The molecule has 0 spiro atoms. The Kier molecular flexibility index (Phi) is 4.08. The van der Waals surface area contributed by atoms with Gasteiger partial charge < -0.3 is 10.3 Å². The van der Waals surface area contributed by atoms with Crippen molar-refractivity contribution in [3.05, 3.63) is 68.7 Å². The summed E-state index contributed by atoms with van der Waals surface area (Å²) >= 11 is 4.96. The molecule has 3 rings (SSSR count). The van der Waals surface area contributed by atoms with Crippen molar-refractivity contribution in [3.8, 4) is 0 Å². The standard InChI is InChI=1S/C17H15N3O2S/c1-2-10-5-3-4-6-13(10)18-15(21)11-7-8-12-14(9-11)19-17(23)20-16(12)22/h3-9H,2H2,1H3,(H,18,21)(H2,19,20,22,23). The fourth-order valence-corrected chi connectivity index (χ4v) is 2.66. The number of hydrogen-bond donors (Lipinski definition) is 3. The summed E-state index contributed by atoms with van der Waals surface area (Å²) in [6.45, 7) is 2.04. The minimum Gasteiger partial charge on any atom is -0.332 e. The lowest BCUT2D eigenvalue weighted by atomic mass is 10.1. The summed E-state index contributed by atoms with van der Waals surface area (Å²) in [6.07, 6.45) is 0.830. The summed E-state index contributed by atoms with van der Waals surface area (Å²) in [5, 5.41) is 3.37. The molecule has 0 bridgehead atoms. The van der Waals surface area contributed by atoms with Crippen LogP contribution in [0.25, 0.3) is 10.9 Å². The number of rotatable bonds is 3. The third-order valence-corrected chi connectivity index (χ3v) is 3.85. The first-order valence-corrected chi connectivity index (χ1v) is 7.65. The number of aromatic amines is 2. The number of H-pyrrole nitrogens is 2. The van der Waals surface area contributed by atoms with Crippen LogP contribution in [0.1, 0.15) is 22.8 Å². The highest BCUT2D eigenvalue weighted by Gasteiger charge is 2.10. The van der Waals surface area contributed by atoms with Crippen LogP contribution < -0.4 is 10.9 Å². The van der Waals surface area contributed by atoms with E-state index in [1.54, 1.807) is 18.2 Å². The molecule has 0 fully saturated rings. The molecule has 1 amide bonds. The lowest BCUT2D eigenvalue weighted by Crippen LogP contribution is -2.14. The molecule has 0 aliphatic rings. The van der Waals surface area contributed by atoms with Crippen molar-refractivity contribution in [1.29, 1.82) is 0 Å². The second-order valence-corrected chi connectivity index (χ2v) is 5.54. The third kappa shape index (κ3) is 3.07. The molecule has 0 aliphatic heterocycles. The number of aromatic nitrogens is 2. The molecule has 0 atom stereocenters. The number of nitrogens with one attached hydrogen (secondary N) is 3. The van der Waals surface area contributed by atoms with E-state index in [2.05, 4.69) is 15.3 Å². The van der Waals surface area contributed by atoms with E-state index < -0.39 is 0 Å². The van der Waals surface area contributed by atoms with Gasteiger partial charge in [0.1, 0.15) is 0 Å². The van der Waals surface area contributed by atoms with Gasteiger partial charge in [-0.2, -0.15) is 0 Å². The van der Waals surface area contributed by atoms with Gasteiger partial charge in [0.15, 0.2) is 4.77 Å². The number of carbonyl (C=O) groups excluding carboxylic acids is 1. The number of hydrogen-bond acceptors (Lipinski definition) is 3. The van der Waals surface area contributed by atoms with Crippen molar-refractivity contribution in [2.24, 2.45) is 0 Å². The molecule has 1 aromatic heterocycles. The van der Waals surface area contributed by atoms with Crippen LogP contribution in [0.4, 0.5) is 5.69 Å². The predicted octanol–water partition coefficient (Wildman–Crippen LogP) is 3.40. The summed E-state index contributed by atoms with van der Waals surface area (Å²) in [5.74, 6) is -0.229. The zero-order valence-electron chi connectivity index (χ0n) is 12.5. The molecule has 3 N–H and O–H groups in total. The van der Waals surface area contributed by atoms with Gasteiger partial charge in [0.2, 0.25) is 0 Å². The van der Waals surface area contributed by atoms with Gasteiger partial charge in [0.05, 0.1) is 10.9 Å². The maximum absolute atomic E-state index is 12.5. The van der Waals surface area contributed by atoms with E-state index in [9.17, 15) is 9.59 Å². The van der Waals surface area contributed by atoms with E-state index in [0.717, 1.165) is 17.7 Å². The Morgan fingerprint density at radius 3 is 2.74 bits per heavy atom. The van der Waals surface area contributed by atoms with Gasteiger partial charge in [0.25, 0.3) is 11.5 Å². The van der Waals surface area contributed by atoms with Gasteiger partial charge >= 0.3 is 0 Å². The molecule has 5 nitrogen and oxygen atoms in total. The molecule has 6 heteroatoms. The Labute approximate surface area is 137 Å². The lowest BCUT2D eigenvalue weighted by molar-refractivity contribution is 0.102. The molecular weight excluding hydrogens is 310 g/mol. The van der Waals surface area contributed by atoms with Crippen LogP contribution in [-0.2, 0) is 6.42 Å². The molecule has 0 saturated heterocycles. The van der Waals surface area contributed by atoms with Crippen molar-refractivity contribution < 1.29 is 4.79 Å². The first-order valence-electron chi connectivity index (χ1n) is 7.24. The maximum Gasteiger partial charge on any atom is 0.259 e. The van der Waals surface area contributed by atoms with E-state index in [1.165, 1.54) is 0 Å². The van der Waals surface area contributed by atoms with Crippen molar-refractivity contribution in [2.45, 2.75) is 13.3 Å². The van der Waals surface area contributed by atoms with Gasteiger partial charge in [0, 0.05) is 11.3 Å². The molecule has 116 valence electrons. The predicted molar refractivity (Wildman–Crippen MR) is 93.5 cm³/mol. The molecule has 2 aromatic carbocycles. The molecule has 0 unspecified atom stereocenters. The van der Waals surface area contributed by atoms with Gasteiger partial charge in [-0.3, -0.25) is 14.6 Å². The van der Waals surface area contributed by atoms with Crippen LogP contribution in [0.2, 0.25) is 0 Å². The van der Waals surface area contributed by atoms with E-state index in [1.807, 2.05) is 31.2 Å². The smallest absolute Gasteiger partial charge is 0.259 e. The lowest BCUT2D eigenvalue weighted by Gasteiger charge is -2.10.